The number of esters is 1. The third-order valence-corrected chi connectivity index (χ3v) is 5.58. The van der Waals surface area contributed by atoms with Gasteiger partial charge in [0.15, 0.2) is 11.5 Å². The van der Waals surface area contributed by atoms with Crippen LogP contribution in [-0.2, 0) is 16.0 Å². The van der Waals surface area contributed by atoms with Crippen LogP contribution in [-0.4, -0.2) is 61.3 Å². The summed E-state index contributed by atoms with van der Waals surface area (Å²) in [6.45, 7) is 6.77. The molecule has 1 saturated heterocycles. The minimum Gasteiger partial charge on any atom is -0.493 e. The number of ether oxygens (including phenoxy) is 4. The van der Waals surface area contributed by atoms with Crippen LogP contribution in [0.15, 0.2) is 49.1 Å². The number of benzene rings is 2. The summed E-state index contributed by atoms with van der Waals surface area (Å²) in [5.41, 5.74) is 0.353. The van der Waals surface area contributed by atoms with Crippen LogP contribution < -0.4 is 9.47 Å². The summed E-state index contributed by atoms with van der Waals surface area (Å²) in [6, 6.07) is 8.92. The SMILES string of the molecule is C=CCOc1ccc(CN(CC2CCCO2)C(=O)c2cc(C(=O)OCC)cc([N+](=O)[O-])c2)cc1OC. The highest BCUT2D eigenvalue weighted by Crippen LogP contribution is 2.29. The van der Waals surface area contributed by atoms with E-state index in [9.17, 15) is 19.7 Å². The van der Waals surface area contributed by atoms with Gasteiger partial charge in [-0.25, -0.2) is 4.79 Å². The lowest BCUT2D eigenvalue weighted by molar-refractivity contribution is -0.384. The Morgan fingerprint density at radius 2 is 2.00 bits per heavy atom. The van der Waals surface area contributed by atoms with E-state index in [1.807, 2.05) is 6.07 Å². The second-order valence-electron chi connectivity index (χ2n) is 8.15. The maximum atomic E-state index is 13.6. The van der Waals surface area contributed by atoms with Gasteiger partial charge >= 0.3 is 5.97 Å². The number of non-ortho nitro benzene ring substituents is 1. The maximum absolute atomic E-state index is 13.6. The van der Waals surface area contributed by atoms with Crippen LogP contribution in [0.3, 0.4) is 0 Å². The van der Waals surface area contributed by atoms with Crippen LogP contribution in [0.4, 0.5) is 5.69 Å². The van der Waals surface area contributed by atoms with Crippen LogP contribution in [0.25, 0.3) is 0 Å². The molecular weight excluding hydrogens is 468 g/mol. The average Bonchev–Trinajstić information content (AvgIpc) is 3.40. The Morgan fingerprint density at radius 1 is 1.22 bits per heavy atom. The van der Waals surface area contributed by atoms with Gasteiger partial charge in [-0.1, -0.05) is 18.7 Å². The molecule has 1 atom stereocenters. The molecule has 1 heterocycles. The van der Waals surface area contributed by atoms with Crippen molar-refractivity contribution < 1.29 is 33.5 Å². The molecule has 0 saturated carbocycles. The standard InChI is InChI=1S/C26H30N2O8/c1-4-10-36-23-9-8-18(12-24(23)33-3)16-27(17-22-7-6-11-35-22)25(29)19-13-20(26(30)34-5-2)15-21(14-19)28(31)32/h4,8-9,12-15,22H,1,5-7,10-11,16-17H2,2-3H3. The van der Waals surface area contributed by atoms with Crippen molar-refractivity contribution in [1.82, 2.24) is 4.90 Å². The Bertz CT molecular complexity index is 1110. The van der Waals surface area contributed by atoms with Gasteiger partial charge in [0.2, 0.25) is 0 Å². The van der Waals surface area contributed by atoms with Crippen molar-refractivity contribution in [1.29, 1.82) is 0 Å². The number of nitrogens with zero attached hydrogens (tertiary/aromatic N) is 2. The van der Waals surface area contributed by atoms with Crippen LogP contribution in [0, 0.1) is 10.1 Å². The molecule has 0 radical (unpaired) electrons. The Labute approximate surface area is 209 Å². The molecule has 1 aliphatic heterocycles. The largest absolute Gasteiger partial charge is 0.493 e. The van der Waals surface area contributed by atoms with Gasteiger partial charge in [0.05, 0.1) is 30.3 Å². The highest BCUT2D eigenvalue weighted by Gasteiger charge is 2.26. The smallest absolute Gasteiger partial charge is 0.338 e. The number of hydrogen-bond acceptors (Lipinski definition) is 8. The number of rotatable bonds is 12. The Morgan fingerprint density at radius 3 is 2.64 bits per heavy atom. The Hall–Kier alpha value is -3.92. The van der Waals surface area contributed by atoms with E-state index in [0.717, 1.165) is 24.5 Å². The summed E-state index contributed by atoms with van der Waals surface area (Å²) < 4.78 is 21.8. The van der Waals surface area contributed by atoms with E-state index in [2.05, 4.69) is 6.58 Å². The maximum Gasteiger partial charge on any atom is 0.338 e. The molecule has 0 aliphatic carbocycles. The molecule has 10 nitrogen and oxygen atoms in total. The van der Waals surface area contributed by atoms with Gasteiger partial charge in [0.1, 0.15) is 6.61 Å². The lowest BCUT2D eigenvalue weighted by atomic mass is 10.1. The summed E-state index contributed by atoms with van der Waals surface area (Å²) in [7, 11) is 1.52. The van der Waals surface area contributed by atoms with Crippen LogP contribution >= 0.6 is 0 Å². The van der Waals surface area contributed by atoms with Crippen LogP contribution in [0.2, 0.25) is 0 Å². The van der Waals surface area contributed by atoms with Crippen LogP contribution in [0.5, 0.6) is 11.5 Å². The molecule has 1 unspecified atom stereocenters. The fourth-order valence-corrected chi connectivity index (χ4v) is 3.91. The van der Waals surface area contributed by atoms with Gasteiger partial charge < -0.3 is 23.8 Å². The number of nitro benzene ring substituents is 1. The van der Waals surface area contributed by atoms with Crippen molar-refractivity contribution >= 4 is 17.6 Å². The van der Waals surface area contributed by atoms with E-state index in [1.54, 1.807) is 30.0 Å². The first-order valence-corrected chi connectivity index (χ1v) is 11.6. The molecule has 0 bridgehead atoms. The van der Waals surface area contributed by atoms with Gasteiger partial charge in [-0.15, -0.1) is 0 Å². The highest BCUT2D eigenvalue weighted by atomic mass is 16.6. The third kappa shape index (κ3) is 6.82. The third-order valence-electron chi connectivity index (χ3n) is 5.58. The van der Waals surface area contributed by atoms with Gasteiger partial charge in [-0.3, -0.25) is 14.9 Å². The minimum absolute atomic E-state index is 0.0168. The first-order chi connectivity index (χ1) is 17.4. The van der Waals surface area contributed by atoms with Gasteiger partial charge in [-0.05, 0) is 43.5 Å². The second kappa shape index (κ2) is 12.7. The molecule has 10 heteroatoms. The molecular formula is C26H30N2O8. The normalized spacial score (nSPS) is 14.7. The van der Waals surface area contributed by atoms with E-state index < -0.39 is 16.8 Å². The van der Waals surface area contributed by atoms with Gasteiger partial charge in [-0.2, -0.15) is 0 Å². The van der Waals surface area contributed by atoms with Gasteiger partial charge in [0, 0.05) is 37.4 Å². The molecule has 2 aromatic carbocycles. The zero-order chi connectivity index (χ0) is 26.1. The molecule has 0 aromatic heterocycles. The summed E-state index contributed by atoms with van der Waals surface area (Å²) in [5, 5.41) is 11.5. The lowest BCUT2D eigenvalue weighted by Gasteiger charge is -2.26. The lowest BCUT2D eigenvalue weighted by Crippen LogP contribution is -2.37. The van der Waals surface area contributed by atoms with E-state index in [0.29, 0.717) is 24.7 Å². The van der Waals surface area contributed by atoms with Crippen molar-refractivity contribution in [2.24, 2.45) is 0 Å². The number of carbonyl (C=O) groups excluding carboxylic acids is 2. The first-order valence-electron chi connectivity index (χ1n) is 11.6. The quantitative estimate of drug-likeness (QED) is 0.185. The highest BCUT2D eigenvalue weighted by molar-refractivity contribution is 5.99. The fraction of sp³-hybridized carbons (Fsp3) is 0.385. The monoisotopic (exact) mass is 498 g/mol. The molecule has 36 heavy (non-hydrogen) atoms. The number of nitro groups is 1. The molecule has 0 spiro atoms. The van der Waals surface area contributed by atoms with E-state index in [4.69, 9.17) is 18.9 Å². The number of amides is 1. The summed E-state index contributed by atoms with van der Waals surface area (Å²) in [4.78, 5) is 38.3. The summed E-state index contributed by atoms with van der Waals surface area (Å²) >= 11 is 0. The Balaban J connectivity index is 1.94. The minimum atomic E-state index is -0.735. The number of hydrogen-bond donors (Lipinski definition) is 0. The molecule has 1 amide bonds. The summed E-state index contributed by atoms with van der Waals surface area (Å²) in [5.74, 6) is -0.166. The molecule has 3 rings (SSSR count). The number of methoxy groups -OCH3 is 1. The molecule has 1 aliphatic rings. The molecule has 2 aromatic rings. The molecule has 192 valence electrons. The van der Waals surface area contributed by atoms with Crippen molar-refractivity contribution in [2.75, 3.05) is 33.5 Å². The topological polar surface area (TPSA) is 117 Å². The van der Waals surface area contributed by atoms with Crippen molar-refractivity contribution in [3.8, 4) is 11.5 Å². The van der Waals surface area contributed by atoms with Crippen molar-refractivity contribution in [3.05, 3.63) is 75.9 Å². The van der Waals surface area contributed by atoms with Crippen molar-refractivity contribution in [2.45, 2.75) is 32.4 Å². The predicted molar refractivity (Wildman–Crippen MR) is 131 cm³/mol. The van der Waals surface area contributed by atoms with E-state index >= 15 is 0 Å². The van der Waals surface area contributed by atoms with E-state index in [1.165, 1.54) is 19.2 Å². The zero-order valence-electron chi connectivity index (χ0n) is 20.4. The first kappa shape index (κ1) is 26.7. The van der Waals surface area contributed by atoms with E-state index in [-0.39, 0.29) is 42.6 Å². The van der Waals surface area contributed by atoms with Crippen molar-refractivity contribution in [3.63, 3.8) is 0 Å². The predicted octanol–water partition coefficient (Wildman–Crippen LogP) is 4.17. The second-order valence-corrected chi connectivity index (χ2v) is 8.15. The zero-order valence-corrected chi connectivity index (χ0v) is 20.4. The Kier molecular flexibility index (Phi) is 9.40. The number of carbonyl (C=O) groups is 2. The van der Waals surface area contributed by atoms with Gasteiger partial charge in [0.25, 0.3) is 11.6 Å². The summed E-state index contributed by atoms with van der Waals surface area (Å²) in [6.07, 6.45) is 3.15. The molecule has 0 N–H and O–H groups in total. The van der Waals surface area contributed by atoms with Crippen LogP contribution in [0.1, 0.15) is 46.0 Å². The molecule has 1 fully saturated rings. The average molecular weight is 499 g/mol. The fourth-order valence-electron chi connectivity index (χ4n) is 3.91.